The van der Waals surface area contributed by atoms with Crippen LogP contribution in [0.1, 0.15) is 11.1 Å². The van der Waals surface area contributed by atoms with E-state index in [4.69, 9.17) is 4.42 Å². The maximum Gasteiger partial charge on any atom is 0.418 e. The summed E-state index contributed by atoms with van der Waals surface area (Å²) in [5.74, 6) is 0.737. The Labute approximate surface area is 410 Å². The summed E-state index contributed by atoms with van der Waals surface area (Å²) in [6, 6.07) is 22.7. The van der Waals surface area contributed by atoms with Crippen LogP contribution in [-0.4, -0.2) is 81.1 Å². The second-order valence-corrected chi connectivity index (χ2v) is 27.6. The smallest absolute Gasteiger partial charge is 0.418 e. The van der Waals surface area contributed by atoms with Crippen molar-refractivity contribution in [1.82, 2.24) is 34.9 Å². The minimum absolute atomic E-state index is 0.191. The van der Waals surface area contributed by atoms with Crippen LogP contribution in [0, 0.1) is 0 Å². The van der Waals surface area contributed by atoms with Crippen LogP contribution in [0.4, 0.5) is 0 Å². The monoisotopic (exact) mass is 1140 g/mol. The Balaban J connectivity index is 0.000000131. The molecular weight excluding hydrogens is 1110 g/mol. The molecule has 0 atom stereocenters. The van der Waals surface area contributed by atoms with Gasteiger partial charge in [-0.1, -0.05) is 56.0 Å². The Bertz CT molecular complexity index is 3700. The molecule has 16 nitrogen and oxygen atoms in total. The number of hydrogen-bond acceptors (Lipinski definition) is 11. The summed E-state index contributed by atoms with van der Waals surface area (Å²) in [5.41, 5.74) is 6.98. The largest absolute Gasteiger partial charge is 0.443 e. The van der Waals surface area contributed by atoms with Crippen molar-refractivity contribution in [2.45, 2.75) is 29.4 Å². The number of fused-ring (bicyclic) bond motifs is 3. The van der Waals surface area contributed by atoms with Gasteiger partial charge in [0.2, 0.25) is 13.1 Å². The van der Waals surface area contributed by atoms with Gasteiger partial charge in [0, 0.05) is 101 Å². The minimum atomic E-state index is -3.68. The molecule has 0 bridgehead atoms. The molecule has 9 aromatic rings. The third kappa shape index (κ3) is 9.45. The third-order valence-corrected chi connectivity index (χ3v) is 17.1. The number of H-pyrrole nitrogens is 3. The molecule has 67 heavy (non-hydrogen) atoms. The van der Waals surface area contributed by atoms with Gasteiger partial charge in [-0.15, -0.1) is 0 Å². The minimum Gasteiger partial charge on any atom is -0.443 e. The van der Waals surface area contributed by atoms with Gasteiger partial charge in [0.05, 0.1) is 25.4 Å². The molecule has 0 saturated carbocycles. The highest BCUT2D eigenvalue weighted by Gasteiger charge is 2.37. The second kappa shape index (κ2) is 18.6. The fraction of sp³-hybridized carbons (Fsp3) is 0.111. The van der Waals surface area contributed by atoms with Gasteiger partial charge in [0.25, 0.3) is 0 Å². The number of sulfonamides is 2. The molecule has 0 spiro atoms. The van der Waals surface area contributed by atoms with Gasteiger partial charge >= 0.3 is 20.0 Å². The Morgan fingerprint density at radius 2 is 1.09 bits per heavy atom. The Morgan fingerprint density at radius 1 is 0.612 bits per heavy atom. The fourth-order valence-electron chi connectivity index (χ4n) is 7.46. The highest BCUT2D eigenvalue weighted by Crippen LogP contribution is 2.33. The van der Waals surface area contributed by atoms with Crippen LogP contribution in [0.5, 0.6) is 0 Å². The van der Waals surface area contributed by atoms with Crippen LogP contribution < -0.4 is 5.32 Å². The van der Waals surface area contributed by atoms with E-state index in [1.807, 2.05) is 30.6 Å². The molecule has 0 radical (unpaired) electrons. The number of aromatic nitrogens is 7. The highest BCUT2D eigenvalue weighted by atomic mass is 79.9. The summed E-state index contributed by atoms with van der Waals surface area (Å²) in [5, 5.41) is 12.4. The zero-order valence-corrected chi connectivity index (χ0v) is 43.1. The van der Waals surface area contributed by atoms with Crippen LogP contribution in [0.25, 0.3) is 55.6 Å². The van der Waals surface area contributed by atoms with Crippen LogP contribution in [-0.2, 0) is 20.0 Å². The zero-order valence-electron chi connectivity index (χ0n) is 35.7. The quantitative estimate of drug-likeness (QED) is 0.0974. The van der Waals surface area contributed by atoms with Crippen LogP contribution in [0.3, 0.4) is 0 Å². The summed E-state index contributed by atoms with van der Waals surface area (Å²) in [6.07, 6.45) is 15.3. The van der Waals surface area contributed by atoms with Crippen molar-refractivity contribution in [2.75, 3.05) is 13.1 Å². The Morgan fingerprint density at radius 3 is 1.61 bits per heavy atom. The molecule has 0 amide bonds. The molecule has 2 aliphatic rings. The van der Waals surface area contributed by atoms with E-state index in [-0.39, 0.29) is 22.9 Å². The van der Waals surface area contributed by atoms with Crippen molar-refractivity contribution in [3.8, 4) is 11.3 Å². The number of benzene rings is 2. The zero-order chi connectivity index (χ0) is 47.1. The van der Waals surface area contributed by atoms with Gasteiger partial charge in [-0.05, 0) is 90.3 Å². The van der Waals surface area contributed by atoms with Gasteiger partial charge in [-0.3, -0.25) is 0 Å². The van der Waals surface area contributed by atoms with E-state index in [0.29, 0.717) is 0 Å². The van der Waals surface area contributed by atoms with E-state index in [9.17, 15) is 16.8 Å². The molecule has 2 aromatic carbocycles. The number of hydrogen-bond donors (Lipinski definition) is 3. The van der Waals surface area contributed by atoms with Gasteiger partial charge in [-0.2, -0.15) is 16.8 Å². The van der Waals surface area contributed by atoms with Gasteiger partial charge in [0.1, 0.15) is 39.1 Å². The average Bonchev–Trinajstić information content (AvgIpc) is 4.18. The Hall–Kier alpha value is -6.04. The molecule has 0 aliphatic carbocycles. The summed E-state index contributed by atoms with van der Waals surface area (Å²) in [4.78, 5) is 27.0. The molecule has 3 N–H and O–H groups in total. The molecule has 11 rings (SSSR count). The van der Waals surface area contributed by atoms with Gasteiger partial charge in [0.15, 0.2) is 12.2 Å². The van der Waals surface area contributed by atoms with Crippen LogP contribution in [0.15, 0.2) is 173 Å². The number of azo groups is 2. The topological polar surface area (TPSA) is 211 Å². The average molecular weight is 1140 g/mol. The number of aromatic amines is 3. The molecule has 0 unspecified atom stereocenters. The number of nitrogens with one attached hydrogen (secondary N) is 3. The third-order valence-electron chi connectivity index (χ3n) is 10.7. The van der Waals surface area contributed by atoms with Crippen LogP contribution in [0.2, 0.25) is 19.6 Å². The second-order valence-electron chi connectivity index (χ2n) is 16.2. The predicted octanol–water partition coefficient (Wildman–Crippen LogP) is 10.6. The van der Waals surface area contributed by atoms with E-state index >= 15 is 0 Å². The summed E-state index contributed by atoms with van der Waals surface area (Å²) >= 11 is 10.3. The number of halogens is 3. The van der Waals surface area contributed by atoms with Gasteiger partial charge < -0.3 is 19.4 Å². The van der Waals surface area contributed by atoms with E-state index in [0.717, 1.165) is 93.6 Å². The normalized spacial score (nSPS) is 14.0. The molecule has 0 fully saturated rings. The number of rotatable bonds is 8. The van der Waals surface area contributed by atoms with E-state index in [1.54, 1.807) is 97.9 Å². The first kappa shape index (κ1) is 46.1. The lowest BCUT2D eigenvalue weighted by Crippen LogP contribution is -2.41. The number of pyridine rings is 3. The molecule has 22 heteroatoms. The van der Waals surface area contributed by atoms with Crippen molar-refractivity contribution in [3.63, 3.8) is 0 Å². The lowest BCUT2D eigenvalue weighted by Gasteiger charge is -2.16. The number of oxazole rings is 1. The maximum absolute atomic E-state index is 12.9. The van der Waals surface area contributed by atoms with Gasteiger partial charge in [-0.25, -0.2) is 19.9 Å². The molecular formula is C45H38Br3N11O5S2Si+2. The lowest BCUT2D eigenvalue weighted by atomic mass is 10.1. The fourth-order valence-corrected chi connectivity index (χ4v) is 12.4. The van der Waals surface area contributed by atoms with Crippen molar-refractivity contribution in [1.29, 1.82) is 0 Å². The Kier molecular flexibility index (Phi) is 12.8. The molecule has 2 aliphatic heterocycles. The summed E-state index contributed by atoms with van der Waals surface area (Å²) < 4.78 is 61.3. The highest BCUT2D eigenvalue weighted by molar-refractivity contribution is 9.11. The lowest BCUT2D eigenvalue weighted by molar-refractivity contribution is -0.417. The van der Waals surface area contributed by atoms with Crippen molar-refractivity contribution in [2.24, 2.45) is 10.2 Å². The van der Waals surface area contributed by atoms with Crippen LogP contribution >= 0.6 is 47.8 Å². The van der Waals surface area contributed by atoms with E-state index < -0.39 is 28.1 Å². The first-order chi connectivity index (χ1) is 32.1. The summed E-state index contributed by atoms with van der Waals surface area (Å²) in [6.45, 7) is 7.15. The van der Waals surface area contributed by atoms with Crippen molar-refractivity contribution in [3.05, 3.63) is 159 Å². The number of nitrogens with zero attached hydrogens (tertiary/aromatic N) is 8. The predicted molar refractivity (Wildman–Crippen MR) is 268 cm³/mol. The molecule has 7 aromatic heterocycles. The molecule has 338 valence electrons. The molecule has 9 heterocycles. The standard InChI is InChI=1S/C19H19BrN4O2SSi.C16H11BrN4O2S.C10H6BrN3O/c1-28(2,3)19-17(16-9-14(20)11-21-18(16)23-19)13-10-22-24(12-13)27(25,26)15-7-5-4-6-8-15;17-12-6-14-15(9-19-16(14)18-8-12)11-7-20-21(10-11)24(22,23)13-4-2-1-3-5-13;11-6-1-7-8(9-4-12-5-15-9)3-14-10(7)13-2-6/h4-11H,12H2,1-3H3;1-9H,10H2;1-5H,(H,13,14)/p+2. The van der Waals surface area contributed by atoms with E-state index in [2.05, 4.69) is 113 Å². The maximum atomic E-state index is 12.9. The van der Waals surface area contributed by atoms with E-state index in [1.165, 1.54) is 6.39 Å². The first-order valence-electron chi connectivity index (χ1n) is 20.4. The molecule has 0 saturated heterocycles. The summed E-state index contributed by atoms with van der Waals surface area (Å²) in [7, 11) is -9.07. The SMILES string of the molecule is Brc1cnc2[nH]cc(-c3cnco3)c2c1.C[Si](C)(C)c1[nH]c2ncc(Br)cc2c1C1=CN=[N+](S(=O)(=O)c2ccccc2)C1.O=S(=O)(c1ccccc1)[N+]1=NC=C(c2c[nH]c3ncc(Br)cc23)C1. The van der Waals surface area contributed by atoms with Crippen molar-refractivity contribution >= 4 is 125 Å². The van der Waals surface area contributed by atoms with Crippen molar-refractivity contribution < 1.29 is 29.5 Å². The first-order valence-corrected chi connectivity index (χ1v) is 29.1.